The van der Waals surface area contributed by atoms with Crippen LogP contribution in [0, 0.1) is 0 Å². The largest absolute Gasteiger partial charge is 0.512 e. The Morgan fingerprint density at radius 3 is 1.74 bits per heavy atom. The van der Waals surface area contributed by atoms with E-state index in [2.05, 4.69) is 4.99 Å². The zero-order chi connectivity index (χ0) is 18.0. The molecule has 0 amide bonds. The molecule has 0 aliphatic rings. The van der Waals surface area contributed by atoms with Gasteiger partial charge in [0.25, 0.3) is 0 Å². The number of nitrogens with zero attached hydrogens (tertiary/aromatic N) is 1. The van der Waals surface area contributed by atoms with Gasteiger partial charge in [-0.3, -0.25) is 9.79 Å². The second kappa shape index (κ2) is 6.43. The Morgan fingerprint density at radius 1 is 1.00 bits per heavy atom. The average Bonchev–Trinajstić information content (AvgIpc) is 2.35. The van der Waals surface area contributed by atoms with E-state index in [1.54, 1.807) is 0 Å². The number of alkyl halides is 6. The molecule has 1 aromatic carbocycles. The lowest BCUT2D eigenvalue weighted by Gasteiger charge is -2.12. The van der Waals surface area contributed by atoms with Crippen molar-refractivity contribution in [2.75, 3.05) is 0 Å². The van der Waals surface area contributed by atoms with E-state index in [1.807, 2.05) is 0 Å². The molecule has 0 fully saturated rings. The second-order valence-electron chi connectivity index (χ2n) is 4.58. The maximum absolute atomic E-state index is 12.7. The predicted molar refractivity (Wildman–Crippen MR) is 70.6 cm³/mol. The van der Waals surface area contributed by atoms with E-state index in [9.17, 15) is 36.2 Å². The van der Waals surface area contributed by atoms with Gasteiger partial charge in [0, 0.05) is 6.21 Å². The van der Waals surface area contributed by atoms with E-state index in [-0.39, 0.29) is 11.6 Å². The van der Waals surface area contributed by atoms with Crippen molar-refractivity contribution in [1.82, 2.24) is 0 Å². The maximum Gasteiger partial charge on any atom is 0.416 e. The molecule has 0 aliphatic carbocycles. The first-order valence-corrected chi connectivity index (χ1v) is 6.06. The Bertz CT molecular complexity index is 635. The highest BCUT2D eigenvalue weighted by Crippen LogP contribution is 2.38. The van der Waals surface area contributed by atoms with Crippen LogP contribution in [-0.2, 0) is 17.1 Å². The van der Waals surface area contributed by atoms with Gasteiger partial charge in [-0.15, -0.1) is 0 Å². The van der Waals surface area contributed by atoms with Gasteiger partial charge in [-0.2, -0.15) is 26.3 Å². The molecule has 9 heteroatoms. The van der Waals surface area contributed by atoms with Crippen molar-refractivity contribution >= 4 is 17.7 Å². The molecule has 0 saturated heterocycles. The normalized spacial score (nSPS) is 14.1. The van der Waals surface area contributed by atoms with E-state index in [0.717, 1.165) is 13.8 Å². The fourth-order valence-corrected chi connectivity index (χ4v) is 1.59. The summed E-state index contributed by atoms with van der Waals surface area (Å²) in [6.45, 7) is 2.20. The van der Waals surface area contributed by atoms with Crippen LogP contribution in [0.4, 0.5) is 32.0 Å². The lowest BCUT2D eigenvalue weighted by atomic mass is 10.1. The van der Waals surface area contributed by atoms with E-state index in [0.29, 0.717) is 18.3 Å². The summed E-state index contributed by atoms with van der Waals surface area (Å²) in [5.41, 5.74) is -4.01. The van der Waals surface area contributed by atoms with Gasteiger partial charge in [0.05, 0.1) is 22.4 Å². The molecule has 0 aromatic heterocycles. The minimum atomic E-state index is -4.99. The number of aliphatic imine (C=N–C) groups is 1. The van der Waals surface area contributed by atoms with Crippen molar-refractivity contribution in [2.45, 2.75) is 26.2 Å². The van der Waals surface area contributed by atoms with Gasteiger partial charge in [0.15, 0.2) is 5.78 Å². The number of carbonyl (C=O) groups is 1. The molecular weight excluding hydrogens is 328 g/mol. The smallest absolute Gasteiger partial charge is 0.416 e. The molecule has 0 radical (unpaired) electrons. The van der Waals surface area contributed by atoms with Crippen LogP contribution in [0.5, 0.6) is 0 Å². The number of carbonyl (C=O) groups excluding carboxylic acids is 1. The zero-order valence-electron chi connectivity index (χ0n) is 11.9. The number of halogens is 6. The summed E-state index contributed by atoms with van der Waals surface area (Å²) < 4.78 is 76.0. The fourth-order valence-electron chi connectivity index (χ4n) is 1.59. The molecule has 3 nitrogen and oxygen atoms in total. The highest BCUT2D eigenvalue weighted by Gasteiger charge is 2.36. The molecule has 0 heterocycles. The van der Waals surface area contributed by atoms with Gasteiger partial charge in [0.1, 0.15) is 5.76 Å². The molecule has 0 saturated carbocycles. The molecule has 1 aromatic rings. The van der Waals surface area contributed by atoms with Crippen LogP contribution in [0.1, 0.15) is 25.0 Å². The van der Waals surface area contributed by atoms with Crippen molar-refractivity contribution < 1.29 is 36.2 Å². The molecule has 0 atom stereocenters. The number of aliphatic hydroxyl groups excluding tert-OH is 1. The lowest BCUT2D eigenvalue weighted by Crippen LogP contribution is -2.10. The van der Waals surface area contributed by atoms with Crippen LogP contribution in [0.3, 0.4) is 0 Å². The molecule has 126 valence electrons. The van der Waals surface area contributed by atoms with Crippen molar-refractivity contribution in [3.8, 4) is 0 Å². The standard InChI is InChI=1S/C14H11F6NO2/c1-7(22)12(8(2)23)6-21-11-4-9(13(15,16)17)3-10(5-11)14(18,19)20/h3-6,22H,1-2H3. The van der Waals surface area contributed by atoms with Crippen LogP contribution >= 0.6 is 0 Å². The van der Waals surface area contributed by atoms with E-state index < -0.39 is 40.7 Å². The Labute approximate surface area is 127 Å². The van der Waals surface area contributed by atoms with E-state index in [1.165, 1.54) is 0 Å². The summed E-state index contributed by atoms with van der Waals surface area (Å²) in [4.78, 5) is 14.6. The molecule has 1 rings (SSSR count). The Hall–Kier alpha value is -2.32. The van der Waals surface area contributed by atoms with Crippen molar-refractivity contribution in [2.24, 2.45) is 4.99 Å². The maximum atomic E-state index is 12.7. The van der Waals surface area contributed by atoms with Crippen LogP contribution in [0.15, 0.2) is 34.5 Å². The summed E-state index contributed by atoms with van der Waals surface area (Å²) in [5.74, 6) is -1.10. The Kier molecular flexibility index (Phi) is 5.24. The lowest BCUT2D eigenvalue weighted by molar-refractivity contribution is -0.143. The SMILES string of the molecule is CC(=O)C(C=Nc1cc(C(F)(F)F)cc(C(F)(F)F)c1)=C(C)O. The summed E-state index contributed by atoms with van der Waals surface area (Å²) in [5, 5.41) is 9.24. The number of aliphatic hydroxyl groups is 1. The minimum Gasteiger partial charge on any atom is -0.512 e. The molecule has 0 bridgehead atoms. The van der Waals surface area contributed by atoms with E-state index >= 15 is 0 Å². The predicted octanol–water partition coefficient (Wildman–Crippen LogP) is 4.85. The average molecular weight is 339 g/mol. The minimum absolute atomic E-state index is 0.0297. The van der Waals surface area contributed by atoms with E-state index in [4.69, 9.17) is 0 Å². The van der Waals surface area contributed by atoms with Crippen LogP contribution in [0.2, 0.25) is 0 Å². The number of ketones is 1. The quantitative estimate of drug-likeness (QED) is 0.370. The highest BCUT2D eigenvalue weighted by molar-refractivity contribution is 6.12. The fraction of sp³-hybridized carbons (Fsp3) is 0.286. The third kappa shape index (κ3) is 5.11. The zero-order valence-corrected chi connectivity index (χ0v) is 11.9. The number of hydrogen-bond acceptors (Lipinski definition) is 3. The highest BCUT2D eigenvalue weighted by atomic mass is 19.4. The molecule has 0 spiro atoms. The molecular formula is C14H11F6NO2. The van der Waals surface area contributed by atoms with Crippen molar-refractivity contribution in [3.63, 3.8) is 0 Å². The van der Waals surface area contributed by atoms with Crippen molar-refractivity contribution in [3.05, 3.63) is 40.7 Å². The third-order valence-electron chi connectivity index (χ3n) is 2.68. The molecule has 1 N–H and O–H groups in total. The molecule has 0 aliphatic heterocycles. The van der Waals surface area contributed by atoms with Gasteiger partial charge in [-0.1, -0.05) is 0 Å². The first-order chi connectivity index (χ1) is 10.3. The number of hydrogen-bond donors (Lipinski definition) is 1. The van der Waals surface area contributed by atoms with Gasteiger partial charge in [-0.05, 0) is 32.0 Å². The first-order valence-electron chi connectivity index (χ1n) is 6.06. The van der Waals surface area contributed by atoms with Crippen molar-refractivity contribution in [1.29, 1.82) is 0 Å². The Balaban J connectivity index is 3.42. The number of benzene rings is 1. The van der Waals surface area contributed by atoms with Gasteiger partial charge in [0.2, 0.25) is 0 Å². The van der Waals surface area contributed by atoms with Gasteiger partial charge < -0.3 is 5.11 Å². The number of rotatable bonds is 3. The topological polar surface area (TPSA) is 49.7 Å². The molecule has 0 unspecified atom stereocenters. The van der Waals surface area contributed by atoms with Gasteiger partial charge in [-0.25, -0.2) is 0 Å². The summed E-state index contributed by atoms with van der Waals surface area (Å²) in [6.07, 6.45) is -9.26. The summed E-state index contributed by atoms with van der Waals surface area (Å²) >= 11 is 0. The summed E-state index contributed by atoms with van der Waals surface area (Å²) in [6, 6.07) is 0.796. The first kappa shape index (κ1) is 18.7. The summed E-state index contributed by atoms with van der Waals surface area (Å²) in [7, 11) is 0. The van der Waals surface area contributed by atoms with Crippen LogP contribution in [0.25, 0.3) is 0 Å². The number of Topliss-reactive ketones (excluding diaryl/α,β-unsaturated/α-hetero) is 1. The van der Waals surface area contributed by atoms with Gasteiger partial charge >= 0.3 is 12.4 Å². The Morgan fingerprint density at radius 2 is 1.43 bits per heavy atom. The monoisotopic (exact) mass is 339 g/mol. The molecule has 23 heavy (non-hydrogen) atoms. The van der Waals surface area contributed by atoms with Crippen LogP contribution in [-0.4, -0.2) is 17.1 Å². The third-order valence-corrected chi connectivity index (χ3v) is 2.68. The van der Waals surface area contributed by atoms with Crippen LogP contribution < -0.4 is 0 Å². The number of allylic oxidation sites excluding steroid dienone is 2. The second-order valence-corrected chi connectivity index (χ2v) is 4.58.